The standard InChI is InChI=1S/C14H19BrN2O2/c1-19-14(18)6-10-5-12(16)9-17(8-10)13-4-2-3-11(15)7-13/h2-4,7,10,12H,5-6,8-9,16H2,1H3. The number of nitrogens with two attached hydrogens (primary N) is 1. The summed E-state index contributed by atoms with van der Waals surface area (Å²) in [5, 5.41) is 0. The van der Waals surface area contributed by atoms with Crippen molar-refractivity contribution in [1.82, 2.24) is 0 Å². The summed E-state index contributed by atoms with van der Waals surface area (Å²) in [5.74, 6) is 0.100. The maximum absolute atomic E-state index is 11.4. The monoisotopic (exact) mass is 326 g/mol. The van der Waals surface area contributed by atoms with Crippen LogP contribution in [0.25, 0.3) is 0 Å². The second kappa shape index (κ2) is 6.39. The molecule has 104 valence electrons. The lowest BCUT2D eigenvalue weighted by Crippen LogP contribution is -2.47. The molecule has 0 radical (unpaired) electrons. The molecule has 1 fully saturated rings. The number of hydrogen-bond acceptors (Lipinski definition) is 4. The summed E-state index contributed by atoms with van der Waals surface area (Å²) in [6.07, 6.45) is 1.31. The van der Waals surface area contributed by atoms with Gasteiger partial charge in [-0.15, -0.1) is 0 Å². The lowest BCUT2D eigenvalue weighted by Gasteiger charge is -2.37. The number of nitrogens with zero attached hydrogens (tertiary/aromatic N) is 1. The first kappa shape index (κ1) is 14.3. The molecule has 1 aliphatic rings. The van der Waals surface area contributed by atoms with Crippen LogP contribution in [0.1, 0.15) is 12.8 Å². The first-order valence-corrected chi connectivity index (χ1v) is 7.20. The van der Waals surface area contributed by atoms with Crippen LogP contribution in [0.15, 0.2) is 28.7 Å². The molecule has 1 aromatic rings. The van der Waals surface area contributed by atoms with E-state index in [2.05, 4.69) is 33.0 Å². The molecular weight excluding hydrogens is 308 g/mol. The van der Waals surface area contributed by atoms with Gasteiger partial charge in [-0.3, -0.25) is 4.79 Å². The van der Waals surface area contributed by atoms with Crippen molar-refractivity contribution in [2.24, 2.45) is 11.7 Å². The number of rotatable bonds is 3. The maximum atomic E-state index is 11.4. The number of carbonyl (C=O) groups excluding carboxylic acids is 1. The Morgan fingerprint density at radius 1 is 1.53 bits per heavy atom. The normalized spacial score (nSPS) is 23.2. The minimum absolute atomic E-state index is 0.0994. The van der Waals surface area contributed by atoms with Crippen molar-refractivity contribution < 1.29 is 9.53 Å². The average molecular weight is 327 g/mol. The molecule has 2 rings (SSSR count). The van der Waals surface area contributed by atoms with E-state index < -0.39 is 0 Å². The lowest BCUT2D eigenvalue weighted by atomic mass is 9.91. The van der Waals surface area contributed by atoms with E-state index in [4.69, 9.17) is 10.5 Å². The predicted octanol–water partition coefficient (Wildman–Crippen LogP) is 2.17. The van der Waals surface area contributed by atoms with Crippen molar-refractivity contribution in [1.29, 1.82) is 0 Å². The summed E-state index contributed by atoms with van der Waals surface area (Å²) in [6.45, 7) is 1.67. The van der Waals surface area contributed by atoms with Gasteiger partial charge in [0.1, 0.15) is 0 Å². The SMILES string of the molecule is COC(=O)CC1CC(N)CN(c2cccc(Br)c2)C1. The molecule has 2 N–H and O–H groups in total. The molecule has 0 bridgehead atoms. The number of carbonyl (C=O) groups is 1. The van der Waals surface area contributed by atoms with Crippen LogP contribution in [0.3, 0.4) is 0 Å². The van der Waals surface area contributed by atoms with Crippen LogP contribution in [0.4, 0.5) is 5.69 Å². The van der Waals surface area contributed by atoms with Gasteiger partial charge in [0.15, 0.2) is 0 Å². The highest BCUT2D eigenvalue weighted by molar-refractivity contribution is 9.10. The van der Waals surface area contributed by atoms with Crippen LogP contribution in [-0.4, -0.2) is 32.2 Å². The molecule has 1 heterocycles. The Balaban J connectivity index is 2.07. The molecule has 1 saturated heterocycles. The van der Waals surface area contributed by atoms with Gasteiger partial charge >= 0.3 is 5.97 Å². The summed E-state index contributed by atoms with van der Waals surface area (Å²) in [7, 11) is 1.43. The van der Waals surface area contributed by atoms with Crippen molar-refractivity contribution in [3.8, 4) is 0 Å². The van der Waals surface area contributed by atoms with E-state index in [-0.39, 0.29) is 17.9 Å². The van der Waals surface area contributed by atoms with E-state index in [9.17, 15) is 4.79 Å². The van der Waals surface area contributed by atoms with Crippen LogP contribution < -0.4 is 10.6 Å². The third kappa shape index (κ3) is 3.94. The number of esters is 1. The molecule has 0 saturated carbocycles. The van der Waals surface area contributed by atoms with Crippen molar-refractivity contribution in [2.75, 3.05) is 25.1 Å². The van der Waals surface area contributed by atoms with Crippen molar-refractivity contribution >= 4 is 27.6 Å². The average Bonchev–Trinajstić information content (AvgIpc) is 2.38. The Labute approximate surface area is 122 Å². The number of anilines is 1. The lowest BCUT2D eigenvalue weighted by molar-refractivity contribution is -0.141. The molecule has 1 aromatic carbocycles. The Bertz CT molecular complexity index is 453. The summed E-state index contributed by atoms with van der Waals surface area (Å²) in [5.41, 5.74) is 7.24. The Hall–Kier alpha value is -1.07. The van der Waals surface area contributed by atoms with Gasteiger partial charge in [0.25, 0.3) is 0 Å². The topological polar surface area (TPSA) is 55.6 Å². The molecule has 19 heavy (non-hydrogen) atoms. The Morgan fingerprint density at radius 2 is 2.32 bits per heavy atom. The number of piperidine rings is 1. The number of hydrogen-bond donors (Lipinski definition) is 1. The number of methoxy groups -OCH3 is 1. The van der Waals surface area contributed by atoms with E-state index in [1.807, 2.05) is 12.1 Å². The second-order valence-electron chi connectivity index (χ2n) is 5.03. The van der Waals surface area contributed by atoms with Crippen molar-refractivity contribution in [3.63, 3.8) is 0 Å². The molecule has 0 spiro atoms. The highest BCUT2D eigenvalue weighted by Crippen LogP contribution is 2.26. The fourth-order valence-corrected chi connectivity index (χ4v) is 2.98. The zero-order valence-electron chi connectivity index (χ0n) is 11.0. The van der Waals surface area contributed by atoms with Crippen molar-refractivity contribution in [2.45, 2.75) is 18.9 Å². The maximum Gasteiger partial charge on any atom is 0.305 e. The first-order chi connectivity index (χ1) is 9.08. The fourth-order valence-electron chi connectivity index (χ4n) is 2.60. The molecule has 0 aliphatic carbocycles. The Kier molecular flexibility index (Phi) is 4.82. The largest absolute Gasteiger partial charge is 0.469 e. The summed E-state index contributed by atoms with van der Waals surface area (Å²) >= 11 is 3.48. The van der Waals surface area contributed by atoms with Crippen LogP contribution >= 0.6 is 15.9 Å². The smallest absolute Gasteiger partial charge is 0.305 e. The van der Waals surface area contributed by atoms with Gasteiger partial charge in [-0.25, -0.2) is 0 Å². The van der Waals surface area contributed by atoms with Gasteiger partial charge in [-0.1, -0.05) is 22.0 Å². The molecule has 4 nitrogen and oxygen atoms in total. The van der Waals surface area contributed by atoms with Crippen LogP contribution in [0, 0.1) is 5.92 Å². The predicted molar refractivity (Wildman–Crippen MR) is 79.1 cm³/mol. The molecule has 2 atom stereocenters. The van der Waals surface area contributed by atoms with Crippen LogP contribution in [0.5, 0.6) is 0 Å². The van der Waals surface area contributed by atoms with E-state index in [1.54, 1.807) is 0 Å². The van der Waals surface area contributed by atoms with Gasteiger partial charge in [0.2, 0.25) is 0 Å². The molecule has 1 aliphatic heterocycles. The van der Waals surface area contributed by atoms with Gasteiger partial charge in [0.05, 0.1) is 13.5 Å². The van der Waals surface area contributed by atoms with E-state index in [0.717, 1.165) is 29.7 Å². The van der Waals surface area contributed by atoms with E-state index in [1.165, 1.54) is 7.11 Å². The summed E-state index contributed by atoms with van der Waals surface area (Å²) < 4.78 is 5.79. The highest BCUT2D eigenvalue weighted by atomic mass is 79.9. The summed E-state index contributed by atoms with van der Waals surface area (Å²) in [4.78, 5) is 13.6. The minimum atomic E-state index is -0.159. The van der Waals surface area contributed by atoms with E-state index >= 15 is 0 Å². The van der Waals surface area contributed by atoms with Gasteiger partial charge < -0.3 is 15.4 Å². The Morgan fingerprint density at radius 3 is 3.00 bits per heavy atom. The molecule has 5 heteroatoms. The molecule has 0 amide bonds. The van der Waals surface area contributed by atoms with E-state index in [0.29, 0.717) is 6.42 Å². The fraction of sp³-hybridized carbons (Fsp3) is 0.500. The molecule has 0 aromatic heterocycles. The van der Waals surface area contributed by atoms with Crippen LogP contribution in [0.2, 0.25) is 0 Å². The van der Waals surface area contributed by atoms with Crippen LogP contribution in [-0.2, 0) is 9.53 Å². The zero-order chi connectivity index (χ0) is 13.8. The highest BCUT2D eigenvalue weighted by Gasteiger charge is 2.27. The molecule has 2 unspecified atom stereocenters. The zero-order valence-corrected chi connectivity index (χ0v) is 12.6. The quantitative estimate of drug-likeness (QED) is 0.865. The number of halogens is 1. The summed E-state index contributed by atoms with van der Waals surface area (Å²) in [6, 6.07) is 8.25. The third-order valence-electron chi connectivity index (χ3n) is 3.43. The molecular formula is C14H19BrN2O2. The van der Waals surface area contributed by atoms with Crippen molar-refractivity contribution in [3.05, 3.63) is 28.7 Å². The first-order valence-electron chi connectivity index (χ1n) is 6.41. The second-order valence-corrected chi connectivity index (χ2v) is 5.94. The van der Waals surface area contributed by atoms with Gasteiger partial charge in [-0.2, -0.15) is 0 Å². The minimum Gasteiger partial charge on any atom is -0.469 e. The van der Waals surface area contributed by atoms with Gasteiger partial charge in [0, 0.05) is 29.3 Å². The number of benzene rings is 1. The third-order valence-corrected chi connectivity index (χ3v) is 3.92. The number of ether oxygens (including phenoxy) is 1. The van der Waals surface area contributed by atoms with Gasteiger partial charge in [-0.05, 0) is 30.5 Å².